The quantitative estimate of drug-likeness (QED) is 0.602. The van der Waals surface area contributed by atoms with Gasteiger partial charge in [-0.2, -0.15) is 0 Å². The number of allylic oxidation sites excluding steroid dienone is 1. The molecule has 112 valence electrons. The van der Waals surface area contributed by atoms with Crippen LogP contribution >= 0.6 is 0 Å². The molecule has 3 heteroatoms. The van der Waals surface area contributed by atoms with Crippen LogP contribution in [-0.4, -0.2) is 32.2 Å². The van der Waals surface area contributed by atoms with Crippen LogP contribution in [0.5, 0.6) is 0 Å². The molecule has 19 heavy (non-hydrogen) atoms. The Morgan fingerprint density at radius 2 is 1.68 bits per heavy atom. The number of methoxy groups -OCH3 is 2. The van der Waals surface area contributed by atoms with Crippen molar-refractivity contribution in [3.8, 4) is 0 Å². The van der Waals surface area contributed by atoms with Gasteiger partial charge in [0.25, 0.3) is 0 Å². The van der Waals surface area contributed by atoms with Gasteiger partial charge in [-0.3, -0.25) is 4.79 Å². The van der Waals surface area contributed by atoms with E-state index in [4.69, 9.17) is 9.47 Å². The minimum atomic E-state index is -0.114. The molecule has 0 N–H and O–H groups in total. The molecule has 0 saturated carbocycles. The largest absolute Gasteiger partial charge is 0.381 e. The Morgan fingerprint density at radius 1 is 1.11 bits per heavy atom. The van der Waals surface area contributed by atoms with Crippen LogP contribution in [0, 0.1) is 17.8 Å². The molecule has 0 heterocycles. The van der Waals surface area contributed by atoms with Crippen molar-refractivity contribution in [3.63, 3.8) is 0 Å². The molecule has 0 rings (SSSR count). The van der Waals surface area contributed by atoms with Gasteiger partial charge in [0.15, 0.2) is 5.78 Å². The normalized spacial score (nSPS) is 18.5. The Labute approximate surface area is 118 Å². The first-order valence-corrected chi connectivity index (χ1v) is 7.16. The highest BCUT2D eigenvalue weighted by molar-refractivity contribution is 5.91. The fraction of sp³-hybridized carbons (Fsp3) is 0.812. The highest BCUT2D eigenvalue weighted by Crippen LogP contribution is 2.19. The maximum atomic E-state index is 12.2. The molecule has 0 aliphatic heterocycles. The van der Waals surface area contributed by atoms with Gasteiger partial charge in [-0.05, 0) is 25.3 Å². The standard InChI is InChI=1S/C16H30O3/c1-8-14(13(5)18-6)9-10-15(17)12(4)16(19-7)11(2)3/h9-14,16H,8H2,1-7H3/b10-9+. The zero-order valence-corrected chi connectivity index (χ0v) is 13.5. The van der Waals surface area contributed by atoms with Gasteiger partial charge in [0, 0.05) is 26.1 Å². The first-order chi connectivity index (χ1) is 8.88. The van der Waals surface area contributed by atoms with E-state index in [1.807, 2.05) is 19.9 Å². The number of hydrogen-bond acceptors (Lipinski definition) is 3. The van der Waals surface area contributed by atoms with Crippen LogP contribution in [0.4, 0.5) is 0 Å². The van der Waals surface area contributed by atoms with Crippen LogP contribution in [0.2, 0.25) is 0 Å². The highest BCUT2D eigenvalue weighted by atomic mass is 16.5. The fourth-order valence-corrected chi connectivity index (χ4v) is 2.39. The third-order valence-electron chi connectivity index (χ3n) is 3.82. The summed E-state index contributed by atoms with van der Waals surface area (Å²) in [6.07, 6.45) is 4.73. The van der Waals surface area contributed by atoms with Crippen molar-refractivity contribution in [2.45, 2.75) is 53.2 Å². The van der Waals surface area contributed by atoms with Gasteiger partial charge in [0.2, 0.25) is 0 Å². The summed E-state index contributed by atoms with van der Waals surface area (Å²) in [5.74, 6) is 0.623. The molecule has 0 aromatic heterocycles. The second-order valence-electron chi connectivity index (χ2n) is 5.51. The van der Waals surface area contributed by atoms with E-state index in [-0.39, 0.29) is 29.8 Å². The molecule has 0 aliphatic carbocycles. The molecule has 0 aromatic rings. The zero-order chi connectivity index (χ0) is 15.0. The summed E-state index contributed by atoms with van der Waals surface area (Å²) in [6.45, 7) is 10.2. The lowest BCUT2D eigenvalue weighted by Gasteiger charge is -2.24. The summed E-state index contributed by atoms with van der Waals surface area (Å²) in [7, 11) is 3.37. The van der Waals surface area contributed by atoms with E-state index in [0.29, 0.717) is 5.92 Å². The Bertz CT molecular complexity index is 284. The van der Waals surface area contributed by atoms with Crippen LogP contribution in [0.3, 0.4) is 0 Å². The van der Waals surface area contributed by atoms with Crippen molar-refractivity contribution in [2.24, 2.45) is 17.8 Å². The number of rotatable bonds is 9. The maximum Gasteiger partial charge on any atom is 0.160 e. The Hall–Kier alpha value is -0.670. The fourth-order valence-electron chi connectivity index (χ4n) is 2.39. The predicted molar refractivity (Wildman–Crippen MR) is 79.2 cm³/mol. The number of ether oxygens (including phenoxy) is 2. The minimum Gasteiger partial charge on any atom is -0.381 e. The molecule has 0 amide bonds. The van der Waals surface area contributed by atoms with E-state index in [2.05, 4.69) is 20.8 Å². The number of carbonyl (C=O) groups is 1. The summed E-state index contributed by atoms with van der Waals surface area (Å²) in [6, 6.07) is 0. The minimum absolute atomic E-state index is 0.0305. The molecule has 0 saturated heterocycles. The Morgan fingerprint density at radius 3 is 2.05 bits per heavy atom. The van der Waals surface area contributed by atoms with E-state index in [0.717, 1.165) is 6.42 Å². The number of hydrogen-bond donors (Lipinski definition) is 0. The van der Waals surface area contributed by atoms with Crippen LogP contribution < -0.4 is 0 Å². The third-order valence-corrected chi connectivity index (χ3v) is 3.82. The van der Waals surface area contributed by atoms with Crippen LogP contribution in [0.15, 0.2) is 12.2 Å². The van der Waals surface area contributed by atoms with Crippen LogP contribution in [0.25, 0.3) is 0 Å². The van der Waals surface area contributed by atoms with Gasteiger partial charge < -0.3 is 9.47 Å². The second kappa shape index (κ2) is 9.27. The first kappa shape index (κ1) is 18.3. The van der Waals surface area contributed by atoms with Crippen LogP contribution in [0.1, 0.15) is 41.0 Å². The zero-order valence-electron chi connectivity index (χ0n) is 13.5. The lowest BCUT2D eigenvalue weighted by atomic mass is 9.90. The summed E-state index contributed by atoms with van der Waals surface area (Å²) >= 11 is 0. The molecule has 0 bridgehead atoms. The molecule has 3 nitrogen and oxygen atoms in total. The smallest absolute Gasteiger partial charge is 0.160 e. The van der Waals surface area contributed by atoms with Crippen molar-refractivity contribution in [2.75, 3.05) is 14.2 Å². The second-order valence-corrected chi connectivity index (χ2v) is 5.51. The van der Waals surface area contributed by atoms with E-state index in [1.165, 1.54) is 0 Å². The van der Waals surface area contributed by atoms with Gasteiger partial charge in [0.05, 0.1) is 12.2 Å². The predicted octanol–water partition coefficient (Wildman–Crippen LogP) is 3.48. The van der Waals surface area contributed by atoms with Gasteiger partial charge in [0.1, 0.15) is 0 Å². The van der Waals surface area contributed by atoms with E-state index in [1.54, 1.807) is 20.3 Å². The highest BCUT2D eigenvalue weighted by Gasteiger charge is 2.25. The summed E-state index contributed by atoms with van der Waals surface area (Å²) in [5.41, 5.74) is 0. The molecule has 0 spiro atoms. The van der Waals surface area contributed by atoms with Gasteiger partial charge >= 0.3 is 0 Å². The van der Waals surface area contributed by atoms with Crippen molar-refractivity contribution >= 4 is 5.78 Å². The van der Waals surface area contributed by atoms with Crippen molar-refractivity contribution < 1.29 is 14.3 Å². The van der Waals surface area contributed by atoms with E-state index in [9.17, 15) is 4.79 Å². The Balaban J connectivity index is 4.66. The van der Waals surface area contributed by atoms with Crippen molar-refractivity contribution in [1.82, 2.24) is 0 Å². The molecule has 0 radical (unpaired) electrons. The first-order valence-electron chi connectivity index (χ1n) is 7.16. The molecule has 0 aliphatic rings. The van der Waals surface area contributed by atoms with Gasteiger partial charge in [-0.15, -0.1) is 0 Å². The lowest BCUT2D eigenvalue weighted by molar-refractivity contribution is -0.123. The Kier molecular flexibility index (Phi) is 8.94. The van der Waals surface area contributed by atoms with Crippen molar-refractivity contribution in [3.05, 3.63) is 12.2 Å². The SMILES string of the molecule is CCC(/C=C/C(=O)C(C)C(OC)C(C)C)C(C)OC. The molecular weight excluding hydrogens is 240 g/mol. The monoisotopic (exact) mass is 270 g/mol. The van der Waals surface area contributed by atoms with Gasteiger partial charge in [-0.25, -0.2) is 0 Å². The van der Waals surface area contributed by atoms with E-state index < -0.39 is 0 Å². The molecule has 4 unspecified atom stereocenters. The van der Waals surface area contributed by atoms with Gasteiger partial charge in [-0.1, -0.05) is 33.8 Å². The average Bonchev–Trinajstić information content (AvgIpc) is 2.38. The van der Waals surface area contributed by atoms with E-state index >= 15 is 0 Å². The molecule has 4 atom stereocenters. The maximum absolute atomic E-state index is 12.2. The topological polar surface area (TPSA) is 35.5 Å². The molecule has 0 fully saturated rings. The summed E-state index contributed by atoms with van der Waals surface area (Å²) in [5, 5.41) is 0. The number of carbonyl (C=O) groups excluding carboxylic acids is 1. The van der Waals surface area contributed by atoms with Crippen molar-refractivity contribution in [1.29, 1.82) is 0 Å². The van der Waals surface area contributed by atoms with Crippen LogP contribution in [-0.2, 0) is 14.3 Å². The lowest BCUT2D eigenvalue weighted by Crippen LogP contribution is -2.31. The summed E-state index contributed by atoms with van der Waals surface area (Å²) in [4.78, 5) is 12.2. The molecular formula is C16H30O3. The summed E-state index contributed by atoms with van der Waals surface area (Å²) < 4.78 is 10.7. The average molecular weight is 270 g/mol. The molecule has 0 aromatic carbocycles. The number of ketones is 1. The third kappa shape index (κ3) is 5.87.